The van der Waals surface area contributed by atoms with Crippen molar-refractivity contribution in [2.24, 2.45) is 5.92 Å². The maximum atomic E-state index is 12.3. The van der Waals surface area contributed by atoms with Crippen LogP contribution in [0.2, 0.25) is 0 Å². The Labute approximate surface area is 108 Å². The molecule has 2 N–H and O–H groups in total. The quantitative estimate of drug-likeness (QED) is 0.702. The molecule has 18 heavy (non-hydrogen) atoms. The molecule has 2 rings (SSSR count). The van der Waals surface area contributed by atoms with Crippen molar-refractivity contribution < 1.29 is 13.2 Å². The first-order chi connectivity index (χ1) is 8.58. The van der Waals surface area contributed by atoms with E-state index in [4.69, 9.17) is 0 Å². The Hall–Kier alpha value is -0.660. The van der Waals surface area contributed by atoms with Crippen LogP contribution in [-0.2, 0) is 14.8 Å². The van der Waals surface area contributed by atoms with Crippen LogP contribution in [0, 0.1) is 5.92 Å². The molecule has 6 nitrogen and oxygen atoms in total. The van der Waals surface area contributed by atoms with Crippen molar-refractivity contribution in [2.45, 2.75) is 19.3 Å². The molecule has 0 spiro atoms. The first-order valence-electron chi connectivity index (χ1n) is 6.53. The lowest BCUT2D eigenvalue weighted by atomic mass is 10.0. The maximum Gasteiger partial charge on any atom is 0.221 e. The molecule has 2 aliphatic heterocycles. The third-order valence-corrected chi connectivity index (χ3v) is 5.55. The van der Waals surface area contributed by atoms with Gasteiger partial charge in [-0.2, -0.15) is 4.31 Å². The minimum Gasteiger partial charge on any atom is -0.355 e. The summed E-state index contributed by atoms with van der Waals surface area (Å²) in [7, 11) is -3.23. The third-order valence-electron chi connectivity index (χ3n) is 3.51. The molecule has 2 heterocycles. The molecule has 0 saturated carbocycles. The van der Waals surface area contributed by atoms with Crippen LogP contribution in [-0.4, -0.2) is 57.1 Å². The first-order valence-corrected chi connectivity index (χ1v) is 8.14. The Morgan fingerprint density at radius 3 is 2.83 bits per heavy atom. The topological polar surface area (TPSA) is 78.5 Å². The number of carbonyl (C=O) groups is 1. The van der Waals surface area contributed by atoms with Crippen LogP contribution in [0.15, 0.2) is 0 Å². The number of carbonyl (C=O) groups excluding carboxylic acids is 1. The molecule has 2 aliphatic rings. The molecular formula is C11H21N3O3S. The van der Waals surface area contributed by atoms with Crippen molar-refractivity contribution in [3.63, 3.8) is 0 Å². The number of hydrogen-bond donors (Lipinski definition) is 2. The zero-order valence-corrected chi connectivity index (χ0v) is 11.3. The van der Waals surface area contributed by atoms with Crippen molar-refractivity contribution in [1.29, 1.82) is 0 Å². The van der Waals surface area contributed by atoms with E-state index < -0.39 is 10.0 Å². The van der Waals surface area contributed by atoms with E-state index >= 15 is 0 Å². The molecule has 7 heteroatoms. The van der Waals surface area contributed by atoms with Gasteiger partial charge in [0.05, 0.1) is 5.75 Å². The average molecular weight is 275 g/mol. The lowest BCUT2D eigenvalue weighted by molar-refractivity contribution is -0.120. The Morgan fingerprint density at radius 1 is 1.28 bits per heavy atom. The minimum absolute atomic E-state index is 0.0629. The zero-order valence-electron chi connectivity index (χ0n) is 10.5. The average Bonchev–Trinajstić information content (AvgIpc) is 2.55. The number of rotatable bonds is 3. The highest BCUT2D eigenvalue weighted by Gasteiger charge is 2.28. The molecule has 0 aromatic heterocycles. The van der Waals surface area contributed by atoms with Crippen molar-refractivity contribution in [2.75, 3.05) is 38.5 Å². The van der Waals surface area contributed by atoms with E-state index in [1.54, 1.807) is 0 Å². The first kappa shape index (κ1) is 13.8. The van der Waals surface area contributed by atoms with Crippen LogP contribution in [0.5, 0.6) is 0 Å². The predicted molar refractivity (Wildman–Crippen MR) is 68.6 cm³/mol. The minimum atomic E-state index is -3.23. The van der Waals surface area contributed by atoms with Gasteiger partial charge in [-0.05, 0) is 31.8 Å². The van der Waals surface area contributed by atoms with Crippen molar-refractivity contribution in [3.8, 4) is 0 Å². The Balaban J connectivity index is 1.94. The summed E-state index contributed by atoms with van der Waals surface area (Å²) in [6.07, 6.45) is 2.28. The summed E-state index contributed by atoms with van der Waals surface area (Å²) in [4.78, 5) is 11.2. The van der Waals surface area contributed by atoms with E-state index in [1.165, 1.54) is 4.31 Å². The van der Waals surface area contributed by atoms with E-state index in [1.807, 2.05) is 0 Å². The monoisotopic (exact) mass is 275 g/mol. The highest BCUT2D eigenvalue weighted by atomic mass is 32.2. The van der Waals surface area contributed by atoms with E-state index in [0.29, 0.717) is 19.6 Å². The fraction of sp³-hybridized carbons (Fsp3) is 0.909. The van der Waals surface area contributed by atoms with E-state index in [2.05, 4.69) is 10.6 Å². The summed E-state index contributed by atoms with van der Waals surface area (Å²) in [5.74, 6) is 0.344. The van der Waals surface area contributed by atoms with E-state index in [9.17, 15) is 13.2 Å². The molecule has 0 aromatic rings. The normalized spacial score (nSPS) is 27.6. The molecule has 1 amide bonds. The standard InChI is InChI=1S/C11H21N3O3S/c15-11-3-6-14(7-5-13-11)18(16,17)9-10-2-1-4-12-8-10/h10,12H,1-9H2,(H,13,15). The van der Waals surface area contributed by atoms with Gasteiger partial charge < -0.3 is 10.6 Å². The second-order valence-corrected chi connectivity index (χ2v) is 7.00. The summed E-state index contributed by atoms with van der Waals surface area (Å²) in [5, 5.41) is 5.92. The number of hydrogen-bond acceptors (Lipinski definition) is 4. The zero-order chi connectivity index (χ0) is 13.0. The van der Waals surface area contributed by atoms with Crippen molar-refractivity contribution >= 4 is 15.9 Å². The van der Waals surface area contributed by atoms with Crippen molar-refractivity contribution in [3.05, 3.63) is 0 Å². The number of amides is 1. The molecule has 0 aliphatic carbocycles. The van der Waals surface area contributed by atoms with E-state index in [-0.39, 0.29) is 24.0 Å². The van der Waals surface area contributed by atoms with Gasteiger partial charge >= 0.3 is 0 Å². The van der Waals surface area contributed by atoms with E-state index in [0.717, 1.165) is 25.9 Å². The van der Waals surface area contributed by atoms with Crippen LogP contribution >= 0.6 is 0 Å². The molecule has 0 radical (unpaired) electrons. The molecule has 1 unspecified atom stereocenters. The van der Waals surface area contributed by atoms with Crippen molar-refractivity contribution in [1.82, 2.24) is 14.9 Å². The van der Waals surface area contributed by atoms with Gasteiger partial charge in [-0.25, -0.2) is 8.42 Å². The smallest absolute Gasteiger partial charge is 0.221 e. The van der Waals surface area contributed by atoms with Crippen LogP contribution in [0.1, 0.15) is 19.3 Å². The van der Waals surface area contributed by atoms with Gasteiger partial charge in [0.15, 0.2) is 0 Å². The van der Waals surface area contributed by atoms with Gasteiger partial charge in [0, 0.05) is 26.1 Å². The second-order valence-electron chi connectivity index (χ2n) is 4.99. The number of nitrogens with zero attached hydrogens (tertiary/aromatic N) is 1. The third kappa shape index (κ3) is 3.66. The summed E-state index contributed by atoms with van der Waals surface area (Å²) < 4.78 is 26.0. The lowest BCUT2D eigenvalue weighted by Crippen LogP contribution is -2.41. The Bertz CT molecular complexity index is 390. The maximum absolute atomic E-state index is 12.3. The number of nitrogens with one attached hydrogen (secondary N) is 2. The van der Waals surface area contributed by atoms with Gasteiger partial charge in [0.1, 0.15) is 0 Å². The number of piperidine rings is 1. The summed E-state index contributed by atoms with van der Waals surface area (Å²) in [5.41, 5.74) is 0. The molecule has 0 aromatic carbocycles. The van der Waals surface area contributed by atoms with Gasteiger partial charge in [0.2, 0.25) is 15.9 Å². The highest BCUT2D eigenvalue weighted by Crippen LogP contribution is 2.15. The second kappa shape index (κ2) is 5.99. The summed E-state index contributed by atoms with van der Waals surface area (Å²) >= 11 is 0. The van der Waals surface area contributed by atoms with Crippen LogP contribution in [0.25, 0.3) is 0 Å². The van der Waals surface area contributed by atoms with Crippen LogP contribution < -0.4 is 10.6 Å². The highest BCUT2D eigenvalue weighted by molar-refractivity contribution is 7.89. The van der Waals surface area contributed by atoms with Gasteiger partial charge in [-0.1, -0.05) is 0 Å². The SMILES string of the molecule is O=C1CCN(S(=O)(=O)CC2CCCNC2)CCN1. The molecule has 2 fully saturated rings. The van der Waals surface area contributed by atoms with Crippen LogP contribution in [0.4, 0.5) is 0 Å². The Morgan fingerprint density at radius 2 is 2.11 bits per heavy atom. The lowest BCUT2D eigenvalue weighted by Gasteiger charge is -2.26. The number of sulfonamides is 1. The van der Waals surface area contributed by atoms with Gasteiger partial charge in [-0.3, -0.25) is 4.79 Å². The molecular weight excluding hydrogens is 254 g/mol. The summed E-state index contributed by atoms with van der Waals surface area (Å²) in [6.45, 7) is 2.90. The molecule has 104 valence electrons. The molecule has 0 bridgehead atoms. The largest absolute Gasteiger partial charge is 0.355 e. The fourth-order valence-electron chi connectivity index (χ4n) is 2.49. The van der Waals surface area contributed by atoms with Gasteiger partial charge in [0.25, 0.3) is 0 Å². The summed E-state index contributed by atoms with van der Waals surface area (Å²) in [6, 6.07) is 0. The van der Waals surface area contributed by atoms with Gasteiger partial charge in [-0.15, -0.1) is 0 Å². The predicted octanol–water partition coefficient (Wildman–Crippen LogP) is -0.862. The molecule has 1 atom stereocenters. The molecule has 2 saturated heterocycles. The fourth-order valence-corrected chi connectivity index (χ4v) is 4.32. The van der Waals surface area contributed by atoms with Crippen LogP contribution in [0.3, 0.4) is 0 Å². The Kier molecular flexibility index (Phi) is 4.58.